The quantitative estimate of drug-likeness (QED) is 0.208. The van der Waals surface area contributed by atoms with Gasteiger partial charge in [-0.15, -0.1) is 0 Å². The largest absolute Gasteiger partial charge is 0.489 e. The van der Waals surface area contributed by atoms with E-state index in [0.29, 0.717) is 29.2 Å². The van der Waals surface area contributed by atoms with Gasteiger partial charge in [-0.2, -0.15) is 8.78 Å². The van der Waals surface area contributed by atoms with Crippen LogP contribution in [0.15, 0.2) is 54.9 Å². The molecule has 0 amide bonds. The smallest absolute Gasteiger partial charge is 0.387 e. The van der Waals surface area contributed by atoms with Crippen LogP contribution in [0.5, 0.6) is 11.5 Å². The maximum atomic E-state index is 13.0. The summed E-state index contributed by atoms with van der Waals surface area (Å²) in [6, 6.07) is 10.1. The van der Waals surface area contributed by atoms with E-state index in [-0.39, 0.29) is 40.1 Å². The van der Waals surface area contributed by atoms with E-state index in [2.05, 4.69) is 14.4 Å². The Balaban J connectivity index is 1.48. The summed E-state index contributed by atoms with van der Waals surface area (Å²) < 4.78 is 72.1. The zero-order valence-electron chi connectivity index (χ0n) is 23.3. The predicted molar refractivity (Wildman–Crippen MR) is 156 cm³/mol. The van der Waals surface area contributed by atoms with Crippen LogP contribution in [0.3, 0.4) is 0 Å². The normalized spacial score (nSPS) is 13.8. The Morgan fingerprint density at radius 3 is 2.34 bits per heavy atom. The average Bonchev–Trinajstić information content (AvgIpc) is 3.80. The van der Waals surface area contributed by atoms with Gasteiger partial charge < -0.3 is 18.9 Å². The summed E-state index contributed by atoms with van der Waals surface area (Å²) in [5, 5.41) is 0.422. The number of hydrogen-bond donors (Lipinski definition) is 1. The number of esters is 2. The second-order valence-electron chi connectivity index (χ2n) is 9.97. The molecule has 10 nitrogen and oxygen atoms in total. The van der Waals surface area contributed by atoms with Crippen LogP contribution in [0.4, 0.5) is 8.78 Å². The molecule has 236 valence electrons. The molecule has 2 aromatic carbocycles. The molecule has 4 rings (SSSR count). The molecule has 0 radical (unpaired) electrons. The minimum Gasteiger partial charge on any atom is -0.489 e. The first-order valence-corrected chi connectivity index (χ1v) is 15.9. The summed E-state index contributed by atoms with van der Waals surface area (Å²) in [4.78, 5) is 29.3. The van der Waals surface area contributed by atoms with Gasteiger partial charge in [0.15, 0.2) is 18.1 Å². The average molecular weight is 674 g/mol. The maximum Gasteiger partial charge on any atom is 0.387 e. The number of rotatable bonds is 15. The number of benzene rings is 2. The van der Waals surface area contributed by atoms with Gasteiger partial charge in [-0.05, 0) is 59.7 Å². The third-order valence-electron chi connectivity index (χ3n) is 6.39. The minimum absolute atomic E-state index is 0.0278. The number of aromatic nitrogens is 1. The van der Waals surface area contributed by atoms with Crippen molar-refractivity contribution in [2.45, 2.75) is 38.5 Å². The van der Waals surface area contributed by atoms with Gasteiger partial charge >= 0.3 is 18.6 Å². The molecule has 1 saturated carbocycles. The Labute approximate surface area is 262 Å². The lowest BCUT2D eigenvalue weighted by molar-refractivity contribution is -0.153. The fraction of sp³-hybridized carbons (Fsp3) is 0.345. The van der Waals surface area contributed by atoms with E-state index in [1.807, 2.05) is 0 Å². The minimum atomic E-state index is -3.39. The lowest BCUT2D eigenvalue weighted by Gasteiger charge is -2.21. The first kappa shape index (κ1) is 33.4. The number of nitrogens with zero attached hydrogens (tertiary/aromatic N) is 1. The number of ether oxygens (including phenoxy) is 4. The number of pyridine rings is 1. The molecule has 0 unspecified atom stereocenters. The van der Waals surface area contributed by atoms with Gasteiger partial charge in [-0.1, -0.05) is 41.4 Å². The van der Waals surface area contributed by atoms with Gasteiger partial charge in [0.05, 0.1) is 28.5 Å². The number of carbonyl (C=O) groups excluding carboxylic acids is 2. The lowest BCUT2D eigenvalue weighted by Crippen LogP contribution is -2.21. The van der Waals surface area contributed by atoms with E-state index in [1.54, 1.807) is 0 Å². The highest BCUT2D eigenvalue weighted by atomic mass is 35.5. The molecule has 3 aromatic rings. The highest BCUT2D eigenvalue weighted by Crippen LogP contribution is 2.37. The van der Waals surface area contributed by atoms with Crippen molar-refractivity contribution in [2.75, 3.05) is 19.5 Å². The highest BCUT2D eigenvalue weighted by Gasteiger charge is 2.26. The van der Waals surface area contributed by atoms with Crippen LogP contribution < -0.4 is 14.2 Å². The summed E-state index contributed by atoms with van der Waals surface area (Å²) in [6.07, 6.45) is 4.62. The number of carbonyl (C=O) groups is 2. The van der Waals surface area contributed by atoms with Gasteiger partial charge in [0.25, 0.3) is 0 Å². The first-order chi connectivity index (χ1) is 20.9. The highest BCUT2D eigenvalue weighted by molar-refractivity contribution is 7.88. The third kappa shape index (κ3) is 10.3. The SMILES string of the molecule is CS(=O)(=O)NCc1ccc(C(=O)OCC(=O)O[C@@H](Cc2c(Cl)cncc2Cl)c2ccc(OC(F)F)c(OCC3CC3)c2)cc1. The molecule has 0 saturated heterocycles. The van der Waals surface area contributed by atoms with Crippen LogP contribution in [0.2, 0.25) is 10.0 Å². The Morgan fingerprint density at radius 1 is 1.05 bits per heavy atom. The maximum absolute atomic E-state index is 13.0. The summed E-state index contributed by atoms with van der Waals surface area (Å²) in [5.74, 6) is -1.54. The number of sulfonamides is 1. The molecule has 0 spiro atoms. The van der Waals surface area contributed by atoms with Crippen LogP contribution in [0.1, 0.15) is 46.0 Å². The van der Waals surface area contributed by atoms with Crippen LogP contribution in [0.25, 0.3) is 0 Å². The van der Waals surface area contributed by atoms with Crippen molar-refractivity contribution in [2.24, 2.45) is 5.92 Å². The Hall–Kier alpha value is -3.52. The van der Waals surface area contributed by atoms with Crippen LogP contribution in [-0.2, 0) is 37.3 Å². The van der Waals surface area contributed by atoms with E-state index >= 15 is 0 Å². The van der Waals surface area contributed by atoms with Gasteiger partial charge in [0, 0.05) is 25.4 Å². The molecule has 44 heavy (non-hydrogen) atoms. The summed E-state index contributed by atoms with van der Waals surface area (Å²) in [5.41, 5.74) is 1.50. The van der Waals surface area contributed by atoms with Crippen molar-refractivity contribution in [1.29, 1.82) is 0 Å². The molecule has 1 aliphatic rings. The molecule has 15 heteroatoms. The zero-order valence-corrected chi connectivity index (χ0v) is 25.6. The van der Waals surface area contributed by atoms with Crippen molar-refractivity contribution >= 4 is 45.2 Å². The second kappa shape index (κ2) is 15.0. The molecular formula is C29H28Cl2F2N2O8S. The molecule has 1 N–H and O–H groups in total. The number of nitrogens with one attached hydrogen (secondary N) is 1. The topological polar surface area (TPSA) is 130 Å². The number of hydrogen-bond acceptors (Lipinski definition) is 9. The fourth-order valence-corrected chi connectivity index (χ4v) is 4.89. The molecule has 1 aliphatic carbocycles. The zero-order chi connectivity index (χ0) is 31.9. The number of halogens is 4. The lowest BCUT2D eigenvalue weighted by atomic mass is 10.0. The molecule has 0 aliphatic heterocycles. The van der Waals surface area contributed by atoms with Crippen molar-refractivity contribution in [3.8, 4) is 11.5 Å². The van der Waals surface area contributed by atoms with Gasteiger partial charge in [0.2, 0.25) is 10.0 Å². The molecule has 1 fully saturated rings. The summed E-state index contributed by atoms with van der Waals surface area (Å²) in [7, 11) is -3.39. The van der Waals surface area contributed by atoms with Gasteiger partial charge in [-0.3, -0.25) is 4.98 Å². The van der Waals surface area contributed by atoms with Crippen molar-refractivity contribution < 1.29 is 45.7 Å². The molecule has 1 atom stereocenters. The molecular weight excluding hydrogens is 645 g/mol. The van der Waals surface area contributed by atoms with Crippen LogP contribution >= 0.6 is 23.2 Å². The second-order valence-corrected chi connectivity index (χ2v) is 12.6. The monoisotopic (exact) mass is 672 g/mol. The van der Waals surface area contributed by atoms with Crippen LogP contribution in [-0.4, -0.2) is 51.4 Å². The summed E-state index contributed by atoms with van der Waals surface area (Å²) in [6.45, 7) is -3.49. The fourth-order valence-electron chi connectivity index (χ4n) is 3.94. The molecule has 1 aromatic heterocycles. The first-order valence-electron chi connectivity index (χ1n) is 13.3. The van der Waals surface area contributed by atoms with Gasteiger partial charge in [0.1, 0.15) is 6.10 Å². The van der Waals surface area contributed by atoms with Crippen LogP contribution in [0, 0.1) is 5.92 Å². The van der Waals surface area contributed by atoms with Crippen molar-refractivity contribution in [3.63, 3.8) is 0 Å². The summed E-state index contributed by atoms with van der Waals surface area (Å²) >= 11 is 12.6. The standard InChI is InChI=1S/C29H28Cl2F2N2O8S/c1-44(38,39)35-12-17-4-6-19(7-5-17)28(37)41-16-27(36)42-25(11-21-22(30)13-34-14-23(21)31)20-8-9-24(43-29(32)33)26(10-20)40-15-18-2-3-18/h4-10,13-14,18,25,29,35H,2-3,11-12,15-16H2,1H3/t25-/m0/s1. The van der Waals surface area contributed by atoms with E-state index in [4.69, 9.17) is 37.4 Å². The van der Waals surface area contributed by atoms with E-state index in [9.17, 15) is 26.8 Å². The number of alkyl halides is 2. The molecule has 0 bridgehead atoms. The Morgan fingerprint density at radius 2 is 1.73 bits per heavy atom. The molecule has 1 heterocycles. The van der Waals surface area contributed by atoms with Crippen molar-refractivity contribution in [3.05, 3.63) is 87.2 Å². The van der Waals surface area contributed by atoms with E-state index < -0.39 is 41.3 Å². The third-order valence-corrected chi connectivity index (χ3v) is 7.71. The van der Waals surface area contributed by atoms with Gasteiger partial charge in [-0.25, -0.2) is 22.7 Å². The Bertz CT molecular complexity index is 1570. The predicted octanol–water partition coefficient (Wildman–Crippen LogP) is 5.51. The van der Waals surface area contributed by atoms with Crippen molar-refractivity contribution in [1.82, 2.24) is 9.71 Å². The Kier molecular flexibility index (Phi) is 11.4. The van der Waals surface area contributed by atoms with E-state index in [0.717, 1.165) is 19.1 Å². The van der Waals surface area contributed by atoms with E-state index in [1.165, 1.54) is 54.9 Å².